The molecular weight excluding hydrogens is 291 g/mol. The van der Waals surface area contributed by atoms with Gasteiger partial charge in [-0.05, 0) is 19.1 Å². The van der Waals surface area contributed by atoms with E-state index in [2.05, 4.69) is 10.3 Å². The molecule has 6 heteroatoms. The molecule has 1 unspecified atom stereocenters. The van der Waals surface area contributed by atoms with Gasteiger partial charge in [0.1, 0.15) is 10.8 Å². The Hall–Kier alpha value is -1.79. The molecule has 0 aliphatic carbocycles. The van der Waals surface area contributed by atoms with Crippen molar-refractivity contribution >= 4 is 17.2 Å². The highest BCUT2D eigenvalue weighted by Gasteiger charge is 2.11. The summed E-state index contributed by atoms with van der Waals surface area (Å²) >= 11 is 1.40. The van der Waals surface area contributed by atoms with Gasteiger partial charge < -0.3 is 10.1 Å². The Morgan fingerprint density at radius 1 is 1.52 bits per heavy atom. The van der Waals surface area contributed by atoms with Gasteiger partial charge in [-0.15, -0.1) is 11.3 Å². The molecule has 0 aliphatic rings. The summed E-state index contributed by atoms with van der Waals surface area (Å²) in [5.41, 5.74) is 1.40. The van der Waals surface area contributed by atoms with E-state index in [1.807, 2.05) is 12.3 Å². The lowest BCUT2D eigenvalue weighted by Gasteiger charge is -2.11. The summed E-state index contributed by atoms with van der Waals surface area (Å²) in [4.78, 5) is 16.2. The van der Waals surface area contributed by atoms with E-state index in [0.29, 0.717) is 17.3 Å². The third-order valence-electron chi connectivity index (χ3n) is 2.79. The molecule has 0 saturated heterocycles. The highest BCUT2D eigenvalue weighted by molar-refractivity contribution is 7.13. The molecule has 4 nitrogen and oxygen atoms in total. The number of methoxy groups -OCH3 is 1. The summed E-state index contributed by atoms with van der Waals surface area (Å²) < 4.78 is 18.2. The number of carbonyl (C=O) groups excluding carboxylic acids is 1. The fraction of sp³-hybridized carbons (Fsp3) is 0.333. The molecule has 21 heavy (non-hydrogen) atoms. The average Bonchev–Trinajstić information content (AvgIpc) is 2.87. The van der Waals surface area contributed by atoms with E-state index in [-0.39, 0.29) is 24.2 Å². The Kier molecular flexibility index (Phi) is 5.41. The number of halogens is 1. The normalized spacial score (nSPS) is 12.1. The van der Waals surface area contributed by atoms with Crippen LogP contribution in [0.1, 0.15) is 12.6 Å². The maximum atomic E-state index is 13.2. The lowest BCUT2D eigenvalue weighted by atomic mass is 10.2. The summed E-state index contributed by atoms with van der Waals surface area (Å²) in [6.07, 6.45) is 0.208. The molecule has 1 aromatic carbocycles. The molecule has 1 amide bonds. The molecule has 0 radical (unpaired) electrons. The number of hydrogen-bond acceptors (Lipinski definition) is 4. The topological polar surface area (TPSA) is 51.2 Å². The number of rotatable bonds is 6. The van der Waals surface area contributed by atoms with Gasteiger partial charge in [0.2, 0.25) is 5.91 Å². The van der Waals surface area contributed by atoms with Gasteiger partial charge in [0, 0.05) is 24.1 Å². The quantitative estimate of drug-likeness (QED) is 0.892. The summed E-state index contributed by atoms with van der Waals surface area (Å²) in [6.45, 7) is 2.35. The van der Waals surface area contributed by atoms with Crippen LogP contribution in [0, 0.1) is 5.82 Å². The SMILES string of the molecule is COCC(C)NC(=O)Cc1csc(-c2cccc(F)c2)n1. The minimum Gasteiger partial charge on any atom is -0.383 e. The van der Waals surface area contributed by atoms with Crippen LogP contribution < -0.4 is 5.32 Å². The monoisotopic (exact) mass is 308 g/mol. The van der Waals surface area contributed by atoms with Crippen molar-refractivity contribution in [3.63, 3.8) is 0 Å². The van der Waals surface area contributed by atoms with Crippen LogP contribution in [0.15, 0.2) is 29.6 Å². The number of benzene rings is 1. The zero-order valence-corrected chi connectivity index (χ0v) is 12.7. The van der Waals surface area contributed by atoms with Crippen molar-refractivity contribution in [1.82, 2.24) is 10.3 Å². The number of amides is 1. The Morgan fingerprint density at radius 3 is 3.05 bits per heavy atom. The van der Waals surface area contributed by atoms with Gasteiger partial charge in [-0.25, -0.2) is 9.37 Å². The number of carbonyl (C=O) groups is 1. The lowest BCUT2D eigenvalue weighted by Crippen LogP contribution is -2.36. The molecule has 1 atom stereocenters. The smallest absolute Gasteiger partial charge is 0.226 e. The van der Waals surface area contributed by atoms with Crippen molar-refractivity contribution in [1.29, 1.82) is 0 Å². The molecule has 0 fully saturated rings. The van der Waals surface area contributed by atoms with Crippen molar-refractivity contribution in [3.05, 3.63) is 41.2 Å². The van der Waals surface area contributed by atoms with Gasteiger partial charge in [0.25, 0.3) is 0 Å². The average molecular weight is 308 g/mol. The van der Waals surface area contributed by atoms with Crippen LogP contribution in [-0.4, -0.2) is 30.6 Å². The summed E-state index contributed by atoms with van der Waals surface area (Å²) in [5.74, 6) is -0.397. The third kappa shape index (κ3) is 4.61. The van der Waals surface area contributed by atoms with Crippen LogP contribution in [0.5, 0.6) is 0 Å². The lowest BCUT2D eigenvalue weighted by molar-refractivity contribution is -0.121. The molecule has 2 rings (SSSR count). The van der Waals surface area contributed by atoms with Crippen LogP contribution in [0.2, 0.25) is 0 Å². The summed E-state index contributed by atoms with van der Waals surface area (Å²) in [6, 6.07) is 6.23. The second kappa shape index (κ2) is 7.28. The third-order valence-corrected chi connectivity index (χ3v) is 3.73. The number of nitrogens with one attached hydrogen (secondary N) is 1. The van der Waals surface area contributed by atoms with Gasteiger partial charge in [-0.2, -0.15) is 0 Å². The minimum atomic E-state index is -0.296. The van der Waals surface area contributed by atoms with Crippen molar-refractivity contribution in [2.75, 3.05) is 13.7 Å². The number of hydrogen-bond donors (Lipinski definition) is 1. The van der Waals surface area contributed by atoms with Gasteiger partial charge >= 0.3 is 0 Å². The summed E-state index contributed by atoms with van der Waals surface area (Å²) in [5, 5.41) is 5.36. The van der Waals surface area contributed by atoms with Gasteiger partial charge in [0.15, 0.2) is 0 Å². The van der Waals surface area contributed by atoms with Crippen LogP contribution in [0.25, 0.3) is 10.6 Å². The van der Waals surface area contributed by atoms with E-state index in [4.69, 9.17) is 4.74 Å². The first-order valence-corrected chi connectivity index (χ1v) is 7.45. The van der Waals surface area contributed by atoms with E-state index < -0.39 is 0 Å². The molecule has 2 aromatic rings. The Morgan fingerprint density at radius 2 is 2.33 bits per heavy atom. The second-order valence-electron chi connectivity index (χ2n) is 4.76. The Labute approximate surface area is 127 Å². The van der Waals surface area contributed by atoms with Crippen LogP contribution in [0.3, 0.4) is 0 Å². The zero-order valence-electron chi connectivity index (χ0n) is 11.9. The molecule has 1 N–H and O–H groups in total. The number of nitrogens with zero attached hydrogens (tertiary/aromatic N) is 1. The van der Waals surface area contributed by atoms with Gasteiger partial charge in [-0.1, -0.05) is 12.1 Å². The molecule has 0 spiro atoms. The van der Waals surface area contributed by atoms with E-state index >= 15 is 0 Å². The first-order chi connectivity index (χ1) is 10.1. The first-order valence-electron chi connectivity index (χ1n) is 6.57. The second-order valence-corrected chi connectivity index (χ2v) is 5.61. The number of ether oxygens (including phenoxy) is 1. The summed E-state index contributed by atoms with van der Waals surface area (Å²) in [7, 11) is 1.59. The maximum Gasteiger partial charge on any atom is 0.226 e. The molecular formula is C15H17FN2O2S. The maximum absolute atomic E-state index is 13.2. The van der Waals surface area contributed by atoms with Crippen molar-refractivity contribution in [3.8, 4) is 10.6 Å². The van der Waals surface area contributed by atoms with Crippen LogP contribution in [-0.2, 0) is 16.0 Å². The predicted molar refractivity (Wildman–Crippen MR) is 80.7 cm³/mol. The molecule has 1 aromatic heterocycles. The molecule has 0 bridgehead atoms. The van der Waals surface area contributed by atoms with Crippen molar-refractivity contribution < 1.29 is 13.9 Å². The van der Waals surface area contributed by atoms with Gasteiger partial charge in [0.05, 0.1) is 18.7 Å². The van der Waals surface area contributed by atoms with E-state index in [9.17, 15) is 9.18 Å². The predicted octanol–water partition coefficient (Wildman–Crippen LogP) is 2.64. The fourth-order valence-electron chi connectivity index (χ4n) is 1.92. The van der Waals surface area contributed by atoms with E-state index in [0.717, 1.165) is 5.56 Å². The first kappa shape index (κ1) is 15.6. The fourth-order valence-corrected chi connectivity index (χ4v) is 2.74. The Bertz CT molecular complexity index is 615. The van der Waals surface area contributed by atoms with Crippen LogP contribution >= 0.6 is 11.3 Å². The van der Waals surface area contributed by atoms with E-state index in [1.54, 1.807) is 19.2 Å². The van der Waals surface area contributed by atoms with E-state index in [1.165, 1.54) is 23.5 Å². The molecule has 1 heterocycles. The van der Waals surface area contributed by atoms with Crippen LogP contribution in [0.4, 0.5) is 4.39 Å². The highest BCUT2D eigenvalue weighted by atomic mass is 32.1. The number of aromatic nitrogens is 1. The van der Waals surface area contributed by atoms with Crippen molar-refractivity contribution in [2.24, 2.45) is 0 Å². The molecule has 0 saturated carbocycles. The number of thiazole rings is 1. The standard InChI is InChI=1S/C15H17FN2O2S/c1-10(8-20-2)17-14(19)7-13-9-21-15(18-13)11-4-3-5-12(16)6-11/h3-6,9-10H,7-8H2,1-2H3,(H,17,19). The molecule has 112 valence electrons. The zero-order chi connectivity index (χ0) is 15.2. The Balaban J connectivity index is 1.99. The van der Waals surface area contributed by atoms with Crippen molar-refractivity contribution in [2.45, 2.75) is 19.4 Å². The largest absolute Gasteiger partial charge is 0.383 e. The van der Waals surface area contributed by atoms with Gasteiger partial charge in [-0.3, -0.25) is 4.79 Å². The highest BCUT2D eigenvalue weighted by Crippen LogP contribution is 2.24. The molecule has 0 aliphatic heterocycles. The minimum absolute atomic E-state index is 0.0381.